The molecular formula is C66H124O6. The molecule has 1 unspecified atom stereocenters. The third-order valence-electron chi connectivity index (χ3n) is 14.7. The number of unbranched alkanes of at least 4 members (excludes halogenated alkanes) is 45. The van der Waals surface area contributed by atoms with Gasteiger partial charge < -0.3 is 14.2 Å². The van der Waals surface area contributed by atoms with Crippen LogP contribution in [0.2, 0.25) is 0 Å². The molecule has 0 aromatic carbocycles. The summed E-state index contributed by atoms with van der Waals surface area (Å²) in [6.45, 7) is 6.69. The van der Waals surface area contributed by atoms with Crippen LogP contribution in [0.5, 0.6) is 0 Å². The number of rotatable bonds is 60. The lowest BCUT2D eigenvalue weighted by Crippen LogP contribution is -2.30. The number of ether oxygens (including phenoxy) is 3. The van der Waals surface area contributed by atoms with Crippen LogP contribution >= 0.6 is 0 Å². The van der Waals surface area contributed by atoms with E-state index in [1.165, 1.54) is 250 Å². The van der Waals surface area contributed by atoms with Gasteiger partial charge in [0.2, 0.25) is 0 Å². The van der Waals surface area contributed by atoms with Gasteiger partial charge in [-0.2, -0.15) is 0 Å². The number of hydrogen-bond donors (Lipinski definition) is 0. The average Bonchev–Trinajstić information content (AvgIpc) is 3.38. The van der Waals surface area contributed by atoms with Gasteiger partial charge in [-0.3, -0.25) is 14.4 Å². The maximum Gasteiger partial charge on any atom is 0.306 e. The van der Waals surface area contributed by atoms with Gasteiger partial charge >= 0.3 is 17.9 Å². The highest BCUT2D eigenvalue weighted by atomic mass is 16.6. The molecule has 0 fully saturated rings. The SMILES string of the molecule is CCCCCC/C=C\C/C=C\CCCCCCCCCC(=O)OCC(COC(=O)CCCCCCCCCCCCCCCCCCCC)OC(=O)CCCCCCCCCCCCCCCCCCCC. The summed E-state index contributed by atoms with van der Waals surface area (Å²) in [5.74, 6) is -0.846. The predicted octanol–water partition coefficient (Wildman–Crippen LogP) is 21.8. The number of carbonyl (C=O) groups excluding carboxylic acids is 3. The monoisotopic (exact) mass is 1010 g/mol. The quantitative estimate of drug-likeness (QED) is 0.0261. The van der Waals surface area contributed by atoms with Crippen molar-refractivity contribution < 1.29 is 28.6 Å². The molecule has 1 atom stereocenters. The molecule has 0 amide bonds. The summed E-state index contributed by atoms with van der Waals surface area (Å²) in [5, 5.41) is 0. The topological polar surface area (TPSA) is 78.9 Å². The van der Waals surface area contributed by atoms with Crippen molar-refractivity contribution in [2.24, 2.45) is 0 Å². The van der Waals surface area contributed by atoms with Gasteiger partial charge in [0.05, 0.1) is 0 Å². The van der Waals surface area contributed by atoms with Crippen molar-refractivity contribution in [2.45, 2.75) is 367 Å². The van der Waals surface area contributed by atoms with Crippen LogP contribution in [0, 0.1) is 0 Å². The molecule has 0 radical (unpaired) electrons. The summed E-state index contributed by atoms with van der Waals surface area (Å²) in [6, 6.07) is 0. The van der Waals surface area contributed by atoms with E-state index >= 15 is 0 Å². The third kappa shape index (κ3) is 58.8. The first-order chi connectivity index (χ1) is 35.5. The first kappa shape index (κ1) is 69.9. The zero-order valence-corrected chi connectivity index (χ0v) is 48.7. The second-order valence-electron chi connectivity index (χ2n) is 22.0. The molecule has 0 aliphatic rings. The molecule has 424 valence electrons. The van der Waals surface area contributed by atoms with Crippen LogP contribution in [0.4, 0.5) is 0 Å². The Morgan fingerprint density at radius 2 is 0.500 bits per heavy atom. The van der Waals surface area contributed by atoms with Crippen molar-refractivity contribution in [2.75, 3.05) is 13.2 Å². The van der Waals surface area contributed by atoms with Crippen LogP contribution in [0.1, 0.15) is 361 Å². The minimum Gasteiger partial charge on any atom is -0.462 e. The summed E-state index contributed by atoms with van der Waals surface area (Å²) in [4.78, 5) is 38.3. The molecule has 72 heavy (non-hydrogen) atoms. The molecule has 0 N–H and O–H groups in total. The predicted molar refractivity (Wildman–Crippen MR) is 312 cm³/mol. The van der Waals surface area contributed by atoms with Gasteiger partial charge in [0.15, 0.2) is 6.10 Å². The summed E-state index contributed by atoms with van der Waals surface area (Å²) >= 11 is 0. The molecule has 0 bridgehead atoms. The van der Waals surface area contributed by atoms with Crippen molar-refractivity contribution in [1.82, 2.24) is 0 Å². The van der Waals surface area contributed by atoms with Gasteiger partial charge in [-0.05, 0) is 51.4 Å². The third-order valence-corrected chi connectivity index (χ3v) is 14.7. The van der Waals surface area contributed by atoms with Gasteiger partial charge in [-0.25, -0.2) is 0 Å². The molecule has 0 heterocycles. The summed E-state index contributed by atoms with van der Waals surface area (Å²) in [7, 11) is 0. The fourth-order valence-electron chi connectivity index (χ4n) is 9.83. The van der Waals surface area contributed by atoms with Crippen LogP contribution < -0.4 is 0 Å². The molecule has 0 rings (SSSR count). The molecule has 0 saturated heterocycles. The molecule has 0 spiro atoms. The number of carbonyl (C=O) groups is 3. The lowest BCUT2D eigenvalue weighted by atomic mass is 10.0. The molecule has 0 saturated carbocycles. The van der Waals surface area contributed by atoms with Crippen molar-refractivity contribution in [3.05, 3.63) is 24.3 Å². The minimum atomic E-state index is -0.770. The Labute approximate surface area is 449 Å². The largest absolute Gasteiger partial charge is 0.462 e. The van der Waals surface area contributed by atoms with E-state index in [0.717, 1.165) is 70.6 Å². The number of esters is 3. The van der Waals surface area contributed by atoms with E-state index < -0.39 is 6.10 Å². The summed E-state index contributed by atoms with van der Waals surface area (Å²) < 4.78 is 17.0. The lowest BCUT2D eigenvalue weighted by molar-refractivity contribution is -0.167. The second kappa shape index (κ2) is 61.4. The number of hydrogen-bond acceptors (Lipinski definition) is 6. The van der Waals surface area contributed by atoms with E-state index in [0.29, 0.717) is 19.3 Å². The van der Waals surface area contributed by atoms with Crippen molar-refractivity contribution >= 4 is 17.9 Å². The van der Waals surface area contributed by atoms with E-state index in [1.54, 1.807) is 0 Å². The Bertz CT molecular complexity index is 1160. The normalized spacial score (nSPS) is 12.1. The molecule has 0 aromatic heterocycles. The van der Waals surface area contributed by atoms with Crippen molar-refractivity contribution in [1.29, 1.82) is 0 Å². The summed E-state index contributed by atoms with van der Waals surface area (Å²) in [5.41, 5.74) is 0. The Morgan fingerprint density at radius 1 is 0.278 bits per heavy atom. The fourth-order valence-corrected chi connectivity index (χ4v) is 9.83. The highest BCUT2D eigenvalue weighted by Gasteiger charge is 2.19. The first-order valence-electron chi connectivity index (χ1n) is 32.3. The standard InChI is InChI=1S/C66H124O6/c1-4-7-10-13-16-19-22-25-28-31-34-37-40-43-46-49-52-55-58-64(67)70-61-63(72-66(69)60-57-54-51-48-45-42-39-36-33-30-27-24-21-18-15-12-9-6-3)62-71-65(68)59-56-53-50-47-44-41-38-35-32-29-26-23-20-17-14-11-8-5-2/h19,22,28,31,63H,4-18,20-21,23-27,29-30,32-62H2,1-3H3/b22-19-,31-28-. The lowest BCUT2D eigenvalue weighted by Gasteiger charge is -2.18. The molecule has 0 aliphatic carbocycles. The Morgan fingerprint density at radius 3 is 0.778 bits per heavy atom. The summed E-state index contributed by atoms with van der Waals surface area (Å²) in [6.07, 6.45) is 73.2. The van der Waals surface area contributed by atoms with E-state index in [9.17, 15) is 14.4 Å². The zero-order chi connectivity index (χ0) is 52.2. The van der Waals surface area contributed by atoms with E-state index in [4.69, 9.17) is 14.2 Å². The van der Waals surface area contributed by atoms with Gasteiger partial charge in [-0.15, -0.1) is 0 Å². The highest BCUT2D eigenvalue weighted by Crippen LogP contribution is 2.18. The molecule has 6 heteroatoms. The zero-order valence-electron chi connectivity index (χ0n) is 48.7. The van der Waals surface area contributed by atoms with Gasteiger partial charge in [0.25, 0.3) is 0 Å². The van der Waals surface area contributed by atoms with E-state index in [1.807, 2.05) is 0 Å². The van der Waals surface area contributed by atoms with Gasteiger partial charge in [-0.1, -0.05) is 315 Å². The first-order valence-corrected chi connectivity index (χ1v) is 32.3. The van der Waals surface area contributed by atoms with Crippen LogP contribution in [-0.4, -0.2) is 37.2 Å². The second-order valence-corrected chi connectivity index (χ2v) is 22.0. The van der Waals surface area contributed by atoms with Crippen LogP contribution in [0.3, 0.4) is 0 Å². The van der Waals surface area contributed by atoms with Crippen LogP contribution in [0.25, 0.3) is 0 Å². The van der Waals surface area contributed by atoms with E-state index in [-0.39, 0.29) is 31.1 Å². The van der Waals surface area contributed by atoms with Gasteiger partial charge in [0, 0.05) is 19.3 Å². The maximum atomic E-state index is 12.9. The van der Waals surface area contributed by atoms with Gasteiger partial charge in [0.1, 0.15) is 13.2 Å². The molecule has 6 nitrogen and oxygen atoms in total. The Balaban J connectivity index is 4.32. The Kier molecular flexibility index (Phi) is 59.6. The molecular weight excluding hydrogens is 889 g/mol. The Hall–Kier alpha value is -2.11. The van der Waals surface area contributed by atoms with Crippen molar-refractivity contribution in [3.8, 4) is 0 Å². The molecule has 0 aliphatic heterocycles. The highest BCUT2D eigenvalue weighted by molar-refractivity contribution is 5.71. The maximum absolute atomic E-state index is 12.9. The van der Waals surface area contributed by atoms with E-state index in [2.05, 4.69) is 45.1 Å². The molecule has 0 aromatic rings. The fraction of sp³-hybridized carbons (Fsp3) is 0.894. The van der Waals surface area contributed by atoms with Crippen LogP contribution in [-0.2, 0) is 28.6 Å². The average molecular weight is 1010 g/mol. The number of allylic oxidation sites excluding steroid dienone is 4. The van der Waals surface area contributed by atoms with Crippen LogP contribution in [0.15, 0.2) is 24.3 Å². The minimum absolute atomic E-state index is 0.0674. The smallest absolute Gasteiger partial charge is 0.306 e. The van der Waals surface area contributed by atoms with Crippen molar-refractivity contribution in [3.63, 3.8) is 0 Å².